The first-order chi connectivity index (χ1) is 14.6. The third kappa shape index (κ3) is 6.27. The lowest BCUT2D eigenvalue weighted by molar-refractivity contribution is 0.302. The normalized spacial score (nSPS) is 20.1. The summed E-state index contributed by atoms with van der Waals surface area (Å²) < 4.78 is 29.2. The van der Waals surface area contributed by atoms with Gasteiger partial charge in [-0.05, 0) is 50.0 Å². The second kappa shape index (κ2) is 11.4. The third-order valence-electron chi connectivity index (χ3n) is 6.70. The fraction of sp³-hybridized carbons (Fsp3) is 0.500. The Morgan fingerprint density at radius 3 is 1.83 bits per heavy atom. The molecule has 1 aliphatic carbocycles. The highest BCUT2D eigenvalue weighted by molar-refractivity contribution is 5.83. The molecule has 0 N–H and O–H groups in total. The van der Waals surface area contributed by atoms with Gasteiger partial charge >= 0.3 is 0 Å². The summed E-state index contributed by atoms with van der Waals surface area (Å²) in [6, 6.07) is 14.3. The van der Waals surface area contributed by atoms with Gasteiger partial charge in [0.25, 0.3) is 0 Å². The van der Waals surface area contributed by atoms with Crippen LogP contribution < -0.4 is 0 Å². The number of rotatable bonds is 9. The first-order valence-corrected chi connectivity index (χ1v) is 11.8. The van der Waals surface area contributed by atoms with Crippen molar-refractivity contribution in [2.75, 3.05) is 0 Å². The van der Waals surface area contributed by atoms with Gasteiger partial charge in [-0.1, -0.05) is 99.5 Å². The molecule has 0 bridgehead atoms. The summed E-state index contributed by atoms with van der Waals surface area (Å²) in [6.45, 7) is 4.20. The molecule has 0 aliphatic heterocycles. The molecule has 1 aliphatic rings. The molecule has 0 radical (unpaired) electrons. The van der Waals surface area contributed by atoms with Crippen molar-refractivity contribution < 1.29 is 8.78 Å². The monoisotopic (exact) mass is 410 g/mol. The summed E-state index contributed by atoms with van der Waals surface area (Å²) in [4.78, 5) is 0. The Hall–Kier alpha value is -1.96. The van der Waals surface area contributed by atoms with Gasteiger partial charge in [-0.25, -0.2) is 8.78 Å². The molecule has 3 rings (SSSR count). The molecule has 0 atom stereocenters. The zero-order chi connectivity index (χ0) is 21.3. The first-order valence-electron chi connectivity index (χ1n) is 11.8. The van der Waals surface area contributed by atoms with E-state index in [4.69, 9.17) is 0 Å². The maximum atomic E-state index is 14.6. The van der Waals surface area contributed by atoms with Crippen molar-refractivity contribution in [3.05, 3.63) is 70.8 Å². The molecular formula is C28H36F2. The molecule has 1 saturated carbocycles. The molecule has 2 aromatic carbocycles. The molecule has 0 aromatic heterocycles. The minimum atomic E-state index is -0.790. The van der Waals surface area contributed by atoms with Crippen LogP contribution in [0.5, 0.6) is 0 Å². The predicted octanol–water partition coefficient (Wildman–Crippen LogP) is 9.39. The maximum Gasteiger partial charge on any atom is 0.166 e. The average Bonchev–Trinajstić information content (AvgIpc) is 2.79. The Labute approximate surface area is 181 Å². The lowest BCUT2D eigenvalue weighted by Crippen LogP contribution is -2.13. The standard InChI is InChI=1S/C28H36F2/c1-3-4-5-6-7-8-22-11-15-23(16-12-22)24-17-19-26(20-18-24)28(30)27(29)25-13-9-21(2)10-14-25/h9-10,13-14,17-20,22-23H,3-8,11-12,15-16H2,1-2H3/b28-27+. The summed E-state index contributed by atoms with van der Waals surface area (Å²) in [6.07, 6.45) is 13.2. The Balaban J connectivity index is 1.53. The number of benzene rings is 2. The minimum Gasteiger partial charge on any atom is -0.203 e. The molecular weight excluding hydrogens is 374 g/mol. The van der Waals surface area contributed by atoms with Gasteiger partial charge in [0.05, 0.1) is 0 Å². The molecule has 2 heteroatoms. The van der Waals surface area contributed by atoms with E-state index in [0.29, 0.717) is 11.5 Å². The van der Waals surface area contributed by atoms with Gasteiger partial charge in [-0.2, -0.15) is 0 Å². The zero-order valence-corrected chi connectivity index (χ0v) is 18.6. The third-order valence-corrected chi connectivity index (χ3v) is 6.70. The quantitative estimate of drug-likeness (QED) is 0.285. The van der Waals surface area contributed by atoms with Gasteiger partial charge in [0.2, 0.25) is 0 Å². The van der Waals surface area contributed by atoms with Gasteiger partial charge in [0.1, 0.15) is 0 Å². The van der Waals surface area contributed by atoms with E-state index >= 15 is 0 Å². The molecule has 0 spiro atoms. The van der Waals surface area contributed by atoms with Crippen molar-refractivity contribution in [2.45, 2.75) is 84.0 Å². The van der Waals surface area contributed by atoms with Gasteiger partial charge in [0.15, 0.2) is 11.7 Å². The highest BCUT2D eigenvalue weighted by atomic mass is 19.2. The van der Waals surface area contributed by atoms with Crippen molar-refractivity contribution in [3.63, 3.8) is 0 Å². The van der Waals surface area contributed by atoms with E-state index in [-0.39, 0.29) is 5.56 Å². The fourth-order valence-electron chi connectivity index (χ4n) is 4.68. The smallest absolute Gasteiger partial charge is 0.166 e. The van der Waals surface area contributed by atoms with E-state index in [0.717, 1.165) is 11.5 Å². The van der Waals surface area contributed by atoms with E-state index in [1.54, 1.807) is 36.4 Å². The molecule has 0 heterocycles. The van der Waals surface area contributed by atoms with E-state index in [9.17, 15) is 8.78 Å². The Morgan fingerprint density at radius 1 is 0.733 bits per heavy atom. The number of halogens is 2. The zero-order valence-electron chi connectivity index (χ0n) is 18.6. The molecule has 162 valence electrons. The van der Waals surface area contributed by atoms with Gasteiger partial charge in [0, 0.05) is 11.1 Å². The van der Waals surface area contributed by atoms with Crippen LogP contribution in [-0.4, -0.2) is 0 Å². The second-order valence-corrected chi connectivity index (χ2v) is 9.04. The average molecular weight is 411 g/mol. The summed E-state index contributed by atoms with van der Waals surface area (Å²) in [5, 5.41) is 0. The van der Waals surface area contributed by atoms with Crippen LogP contribution in [0.1, 0.15) is 99.3 Å². The molecule has 30 heavy (non-hydrogen) atoms. The lowest BCUT2D eigenvalue weighted by atomic mass is 9.77. The maximum absolute atomic E-state index is 14.6. The van der Waals surface area contributed by atoms with E-state index in [1.165, 1.54) is 69.8 Å². The van der Waals surface area contributed by atoms with Gasteiger partial charge < -0.3 is 0 Å². The number of hydrogen-bond donors (Lipinski definition) is 0. The van der Waals surface area contributed by atoms with Gasteiger partial charge in [-0.15, -0.1) is 0 Å². The van der Waals surface area contributed by atoms with E-state index in [1.807, 2.05) is 19.1 Å². The summed E-state index contributed by atoms with van der Waals surface area (Å²) in [5.41, 5.74) is 2.90. The van der Waals surface area contributed by atoms with Crippen LogP contribution in [0.2, 0.25) is 0 Å². The molecule has 0 amide bonds. The van der Waals surface area contributed by atoms with E-state index < -0.39 is 11.7 Å². The Kier molecular flexibility index (Phi) is 8.66. The molecule has 0 nitrogen and oxygen atoms in total. The summed E-state index contributed by atoms with van der Waals surface area (Å²) in [5.74, 6) is -0.130. The van der Waals surface area contributed by atoms with Crippen LogP contribution >= 0.6 is 0 Å². The SMILES string of the molecule is CCCCCCCC1CCC(c2ccc(/C(F)=C(\F)c3ccc(C)cc3)cc2)CC1. The minimum absolute atomic E-state index is 0.287. The Bertz CT molecular complexity index is 794. The van der Waals surface area contributed by atoms with Crippen molar-refractivity contribution in [2.24, 2.45) is 5.92 Å². The van der Waals surface area contributed by atoms with Crippen molar-refractivity contribution in [1.29, 1.82) is 0 Å². The fourth-order valence-corrected chi connectivity index (χ4v) is 4.68. The number of aryl methyl sites for hydroxylation is 1. The van der Waals surface area contributed by atoms with Crippen LogP contribution in [0.3, 0.4) is 0 Å². The van der Waals surface area contributed by atoms with Crippen LogP contribution in [0, 0.1) is 12.8 Å². The second-order valence-electron chi connectivity index (χ2n) is 9.04. The van der Waals surface area contributed by atoms with Crippen LogP contribution in [0.15, 0.2) is 48.5 Å². The molecule has 0 unspecified atom stereocenters. The van der Waals surface area contributed by atoms with Gasteiger partial charge in [-0.3, -0.25) is 0 Å². The van der Waals surface area contributed by atoms with Crippen molar-refractivity contribution >= 4 is 11.7 Å². The first kappa shape index (κ1) is 22.7. The van der Waals surface area contributed by atoms with Crippen LogP contribution in [0.4, 0.5) is 8.78 Å². The molecule has 1 fully saturated rings. The highest BCUT2D eigenvalue weighted by Gasteiger charge is 2.22. The van der Waals surface area contributed by atoms with Crippen LogP contribution in [0.25, 0.3) is 11.7 Å². The predicted molar refractivity (Wildman–Crippen MR) is 125 cm³/mol. The van der Waals surface area contributed by atoms with Crippen molar-refractivity contribution in [1.82, 2.24) is 0 Å². The number of hydrogen-bond acceptors (Lipinski definition) is 0. The highest BCUT2D eigenvalue weighted by Crippen LogP contribution is 2.38. The Morgan fingerprint density at radius 2 is 1.27 bits per heavy atom. The number of unbranched alkanes of at least 4 members (excludes halogenated alkanes) is 4. The largest absolute Gasteiger partial charge is 0.203 e. The van der Waals surface area contributed by atoms with Crippen molar-refractivity contribution in [3.8, 4) is 0 Å². The van der Waals surface area contributed by atoms with E-state index in [2.05, 4.69) is 6.92 Å². The molecule has 0 saturated heterocycles. The molecule has 2 aromatic rings. The lowest BCUT2D eigenvalue weighted by Gasteiger charge is -2.29. The van der Waals surface area contributed by atoms with Crippen LogP contribution in [-0.2, 0) is 0 Å². The summed E-state index contributed by atoms with van der Waals surface area (Å²) >= 11 is 0. The summed E-state index contributed by atoms with van der Waals surface area (Å²) in [7, 11) is 0. The topological polar surface area (TPSA) is 0 Å².